The maximum absolute atomic E-state index is 11.4. The zero-order valence-corrected chi connectivity index (χ0v) is 16.6. The SMILES string of the molecule is CC(=O)Nc1cc(CCc2ccc(CC(=O)NN)cc2)ccc1OC(C)=O.Cl. The molecular weight excluding hydrogens is 382 g/mol. The molecule has 4 N–H and O–H groups in total. The molecule has 2 amide bonds. The minimum absolute atomic E-state index is 0. The number of hydrogen-bond acceptors (Lipinski definition) is 5. The Kier molecular flexibility index (Phi) is 9.14. The van der Waals surface area contributed by atoms with E-state index in [1.165, 1.54) is 13.8 Å². The summed E-state index contributed by atoms with van der Waals surface area (Å²) in [5.41, 5.74) is 5.59. The van der Waals surface area contributed by atoms with Crippen molar-refractivity contribution in [1.82, 2.24) is 5.43 Å². The van der Waals surface area contributed by atoms with E-state index in [1.54, 1.807) is 12.1 Å². The van der Waals surface area contributed by atoms with Crippen molar-refractivity contribution in [1.29, 1.82) is 0 Å². The number of carbonyl (C=O) groups excluding carboxylic acids is 3. The first-order valence-electron chi connectivity index (χ1n) is 8.53. The molecule has 0 unspecified atom stereocenters. The molecular formula is C20H24ClN3O4. The molecule has 0 aromatic heterocycles. The van der Waals surface area contributed by atoms with Crippen LogP contribution in [0.2, 0.25) is 0 Å². The maximum atomic E-state index is 11.4. The lowest BCUT2D eigenvalue weighted by Crippen LogP contribution is -2.31. The lowest BCUT2D eigenvalue weighted by atomic mass is 10.0. The molecule has 0 atom stereocenters. The summed E-state index contributed by atoms with van der Waals surface area (Å²) in [6.45, 7) is 2.71. The zero-order valence-electron chi connectivity index (χ0n) is 15.8. The first-order chi connectivity index (χ1) is 12.9. The van der Waals surface area contributed by atoms with E-state index >= 15 is 0 Å². The number of rotatable bonds is 7. The number of aryl methyl sites for hydroxylation is 2. The first kappa shape index (κ1) is 23.1. The van der Waals surface area contributed by atoms with Crippen molar-refractivity contribution >= 4 is 35.9 Å². The standard InChI is InChI=1S/C20H23N3O4.ClH/c1-13(24)22-18-11-16(9-10-19(18)27-14(2)25)6-3-15-4-7-17(8-5-15)12-20(26)23-21;/h4-5,7-11H,3,6,12,21H2,1-2H3,(H,22,24)(H,23,26);1H. The third-order valence-corrected chi connectivity index (χ3v) is 3.86. The number of hydrazine groups is 1. The van der Waals surface area contributed by atoms with Gasteiger partial charge >= 0.3 is 5.97 Å². The van der Waals surface area contributed by atoms with Crippen LogP contribution in [0.3, 0.4) is 0 Å². The third-order valence-electron chi connectivity index (χ3n) is 3.86. The predicted octanol–water partition coefficient (Wildman–Crippen LogP) is 2.31. The van der Waals surface area contributed by atoms with Gasteiger partial charge in [0.15, 0.2) is 5.75 Å². The normalized spacial score (nSPS) is 9.82. The van der Waals surface area contributed by atoms with Gasteiger partial charge in [-0.25, -0.2) is 5.84 Å². The Morgan fingerprint density at radius 1 is 0.929 bits per heavy atom. The number of halogens is 1. The molecule has 7 nitrogen and oxygen atoms in total. The van der Waals surface area contributed by atoms with Crippen molar-refractivity contribution in [2.45, 2.75) is 33.1 Å². The highest BCUT2D eigenvalue weighted by molar-refractivity contribution is 5.91. The molecule has 0 heterocycles. The fourth-order valence-electron chi connectivity index (χ4n) is 2.61. The van der Waals surface area contributed by atoms with Crippen LogP contribution in [0.15, 0.2) is 42.5 Å². The van der Waals surface area contributed by atoms with Crippen LogP contribution < -0.4 is 21.3 Å². The molecule has 0 radical (unpaired) electrons. The molecule has 2 aromatic carbocycles. The van der Waals surface area contributed by atoms with Crippen molar-refractivity contribution in [2.24, 2.45) is 5.84 Å². The van der Waals surface area contributed by atoms with E-state index in [1.807, 2.05) is 30.3 Å². The van der Waals surface area contributed by atoms with E-state index in [2.05, 4.69) is 10.7 Å². The van der Waals surface area contributed by atoms with Gasteiger partial charge in [0.1, 0.15) is 0 Å². The molecule has 8 heteroatoms. The number of esters is 1. The highest BCUT2D eigenvalue weighted by Crippen LogP contribution is 2.27. The molecule has 0 saturated carbocycles. The summed E-state index contributed by atoms with van der Waals surface area (Å²) >= 11 is 0. The summed E-state index contributed by atoms with van der Waals surface area (Å²) in [4.78, 5) is 33.9. The van der Waals surface area contributed by atoms with Gasteiger partial charge in [-0.05, 0) is 41.7 Å². The fourth-order valence-corrected chi connectivity index (χ4v) is 2.61. The lowest BCUT2D eigenvalue weighted by Gasteiger charge is -2.12. The van der Waals surface area contributed by atoms with E-state index in [4.69, 9.17) is 10.6 Å². The van der Waals surface area contributed by atoms with Crippen LogP contribution in [0.25, 0.3) is 0 Å². The molecule has 150 valence electrons. The highest BCUT2D eigenvalue weighted by Gasteiger charge is 2.09. The van der Waals surface area contributed by atoms with Crippen LogP contribution in [0.4, 0.5) is 5.69 Å². The number of nitrogens with two attached hydrogens (primary N) is 1. The second kappa shape index (κ2) is 11.1. The van der Waals surface area contributed by atoms with Crippen LogP contribution in [0, 0.1) is 0 Å². The summed E-state index contributed by atoms with van der Waals surface area (Å²) in [6.07, 6.45) is 1.78. The van der Waals surface area contributed by atoms with E-state index in [0.717, 1.165) is 29.5 Å². The average Bonchev–Trinajstić information content (AvgIpc) is 2.62. The smallest absolute Gasteiger partial charge is 0.308 e. The van der Waals surface area contributed by atoms with Gasteiger partial charge in [0.2, 0.25) is 11.8 Å². The van der Waals surface area contributed by atoms with Gasteiger partial charge in [-0.2, -0.15) is 0 Å². The number of carbonyl (C=O) groups is 3. The Bertz CT molecular complexity index is 838. The van der Waals surface area contributed by atoms with E-state index in [9.17, 15) is 14.4 Å². The van der Waals surface area contributed by atoms with Crippen molar-refractivity contribution < 1.29 is 19.1 Å². The molecule has 0 aliphatic heterocycles. The second-order valence-electron chi connectivity index (χ2n) is 6.17. The summed E-state index contributed by atoms with van der Waals surface area (Å²) in [5, 5.41) is 2.68. The zero-order chi connectivity index (χ0) is 19.8. The van der Waals surface area contributed by atoms with Gasteiger partial charge in [-0.3, -0.25) is 19.8 Å². The Balaban J connectivity index is 0.00000392. The van der Waals surface area contributed by atoms with Gasteiger partial charge in [0.25, 0.3) is 0 Å². The molecule has 0 aliphatic rings. The summed E-state index contributed by atoms with van der Waals surface area (Å²) in [5.74, 6) is 4.49. The number of anilines is 1. The van der Waals surface area contributed by atoms with Crippen molar-refractivity contribution in [2.75, 3.05) is 5.32 Å². The lowest BCUT2D eigenvalue weighted by molar-refractivity contribution is -0.132. The van der Waals surface area contributed by atoms with Crippen molar-refractivity contribution in [3.05, 3.63) is 59.2 Å². The molecule has 2 aromatic rings. The van der Waals surface area contributed by atoms with Crippen LogP contribution in [0.5, 0.6) is 5.75 Å². The van der Waals surface area contributed by atoms with Gasteiger partial charge in [-0.1, -0.05) is 30.3 Å². The van der Waals surface area contributed by atoms with Gasteiger partial charge in [0, 0.05) is 13.8 Å². The Hall–Kier alpha value is -2.90. The average molecular weight is 406 g/mol. The Morgan fingerprint density at radius 2 is 1.50 bits per heavy atom. The second-order valence-corrected chi connectivity index (χ2v) is 6.17. The highest BCUT2D eigenvalue weighted by atomic mass is 35.5. The Morgan fingerprint density at radius 3 is 2.07 bits per heavy atom. The number of amides is 2. The summed E-state index contributed by atoms with van der Waals surface area (Å²) in [6, 6.07) is 13.1. The van der Waals surface area contributed by atoms with Crippen molar-refractivity contribution in [3.8, 4) is 5.75 Å². The molecule has 0 aliphatic carbocycles. The fraction of sp³-hybridized carbons (Fsp3) is 0.250. The van der Waals surface area contributed by atoms with Crippen LogP contribution in [-0.4, -0.2) is 17.8 Å². The van der Waals surface area contributed by atoms with Crippen molar-refractivity contribution in [3.63, 3.8) is 0 Å². The van der Waals surface area contributed by atoms with Crippen LogP contribution in [0.1, 0.15) is 30.5 Å². The van der Waals surface area contributed by atoms with Gasteiger partial charge < -0.3 is 10.1 Å². The number of benzene rings is 2. The minimum atomic E-state index is -0.447. The monoisotopic (exact) mass is 405 g/mol. The maximum Gasteiger partial charge on any atom is 0.308 e. The quantitative estimate of drug-likeness (QED) is 0.215. The number of ether oxygens (including phenoxy) is 1. The van der Waals surface area contributed by atoms with Crippen LogP contribution in [-0.2, 0) is 33.6 Å². The Labute approximate surface area is 170 Å². The summed E-state index contributed by atoms with van der Waals surface area (Å²) in [7, 11) is 0. The molecule has 28 heavy (non-hydrogen) atoms. The summed E-state index contributed by atoms with van der Waals surface area (Å²) < 4.78 is 5.12. The molecule has 0 fully saturated rings. The molecule has 0 spiro atoms. The van der Waals surface area contributed by atoms with E-state index in [0.29, 0.717) is 11.4 Å². The van der Waals surface area contributed by atoms with E-state index < -0.39 is 5.97 Å². The number of nitrogens with one attached hydrogen (secondary N) is 2. The predicted molar refractivity (Wildman–Crippen MR) is 109 cm³/mol. The minimum Gasteiger partial charge on any atom is -0.424 e. The number of hydrogen-bond donors (Lipinski definition) is 3. The van der Waals surface area contributed by atoms with Crippen LogP contribution >= 0.6 is 12.4 Å². The molecule has 2 rings (SSSR count). The van der Waals surface area contributed by atoms with Gasteiger partial charge in [0.05, 0.1) is 12.1 Å². The topological polar surface area (TPSA) is 111 Å². The first-order valence-corrected chi connectivity index (χ1v) is 8.53. The molecule has 0 saturated heterocycles. The molecule has 0 bridgehead atoms. The van der Waals surface area contributed by atoms with E-state index in [-0.39, 0.29) is 30.6 Å². The van der Waals surface area contributed by atoms with Gasteiger partial charge in [-0.15, -0.1) is 12.4 Å². The largest absolute Gasteiger partial charge is 0.424 e. The third kappa shape index (κ3) is 7.38.